The molecule has 0 spiro atoms. The third-order valence-corrected chi connectivity index (χ3v) is 1.32. The molecule has 1 unspecified atom stereocenters. The Morgan fingerprint density at radius 3 is 2.70 bits per heavy atom. The lowest BCUT2D eigenvalue weighted by atomic mass is 10.1. The maximum Gasteiger partial charge on any atom is 0.327 e. The Balaban J connectivity index is 2.63. The third kappa shape index (κ3) is 1.23. The smallest absolute Gasteiger partial charge is 0.327 e. The van der Waals surface area contributed by atoms with Crippen molar-refractivity contribution in [3.63, 3.8) is 0 Å². The van der Waals surface area contributed by atoms with Crippen LogP contribution < -0.4 is 5.32 Å². The van der Waals surface area contributed by atoms with Gasteiger partial charge in [-0.2, -0.15) is 8.78 Å². The van der Waals surface area contributed by atoms with Crippen molar-refractivity contribution in [3.05, 3.63) is 0 Å². The van der Waals surface area contributed by atoms with Gasteiger partial charge in [0.2, 0.25) is 0 Å². The van der Waals surface area contributed by atoms with E-state index in [0.717, 1.165) is 0 Å². The first-order valence-electron chi connectivity index (χ1n) is 2.86. The first kappa shape index (κ1) is 7.40. The van der Waals surface area contributed by atoms with Crippen molar-refractivity contribution in [2.75, 3.05) is 6.54 Å². The van der Waals surface area contributed by atoms with E-state index < -0.39 is 24.4 Å². The molecule has 0 saturated carbocycles. The largest absolute Gasteiger partial charge is 0.391 e. The molecule has 0 bridgehead atoms. The fourth-order valence-electron chi connectivity index (χ4n) is 0.801. The second-order valence-electron chi connectivity index (χ2n) is 2.27. The minimum Gasteiger partial charge on any atom is -0.391 e. The number of carbonyl (C=O) groups excluding carboxylic acids is 1. The van der Waals surface area contributed by atoms with Gasteiger partial charge in [0.25, 0.3) is 5.91 Å². The summed E-state index contributed by atoms with van der Waals surface area (Å²) < 4.78 is 24.6. The molecular weight excluding hydrogens is 144 g/mol. The summed E-state index contributed by atoms with van der Waals surface area (Å²) in [6.07, 6.45) is -1.88. The van der Waals surface area contributed by atoms with Crippen LogP contribution in [-0.4, -0.2) is 29.6 Å². The van der Waals surface area contributed by atoms with Gasteiger partial charge >= 0.3 is 5.92 Å². The number of amides is 1. The summed E-state index contributed by atoms with van der Waals surface area (Å²) in [4.78, 5) is 10.3. The standard InChI is InChI=1S/C5H7F2NO2/c6-5(7)1-3(9)2-8-4(5)10/h3,9H,1-2H2,(H,8,10). The average Bonchev–Trinajstić information content (AvgIpc) is 1.78. The number of hydrogen-bond donors (Lipinski definition) is 2. The van der Waals surface area contributed by atoms with Gasteiger partial charge in [-0.15, -0.1) is 0 Å². The van der Waals surface area contributed by atoms with Crippen LogP contribution in [0.25, 0.3) is 0 Å². The molecule has 2 N–H and O–H groups in total. The molecule has 1 fully saturated rings. The van der Waals surface area contributed by atoms with Crippen LogP contribution in [0.1, 0.15) is 6.42 Å². The van der Waals surface area contributed by atoms with E-state index in [1.54, 1.807) is 0 Å². The zero-order valence-corrected chi connectivity index (χ0v) is 5.10. The Labute approximate surface area is 56.0 Å². The number of halogens is 2. The SMILES string of the molecule is O=C1NCC(O)CC1(F)F. The molecule has 1 heterocycles. The van der Waals surface area contributed by atoms with Crippen molar-refractivity contribution in [2.45, 2.75) is 18.4 Å². The molecule has 5 heteroatoms. The summed E-state index contributed by atoms with van der Waals surface area (Å²) in [5.41, 5.74) is 0. The lowest BCUT2D eigenvalue weighted by Crippen LogP contribution is -2.51. The van der Waals surface area contributed by atoms with E-state index in [4.69, 9.17) is 5.11 Å². The Hall–Kier alpha value is -0.710. The fraction of sp³-hybridized carbons (Fsp3) is 0.800. The van der Waals surface area contributed by atoms with Gasteiger partial charge in [-0.05, 0) is 0 Å². The van der Waals surface area contributed by atoms with Crippen molar-refractivity contribution < 1.29 is 18.7 Å². The maximum atomic E-state index is 12.3. The van der Waals surface area contributed by atoms with Crippen LogP contribution in [-0.2, 0) is 4.79 Å². The fourth-order valence-corrected chi connectivity index (χ4v) is 0.801. The normalized spacial score (nSPS) is 31.5. The highest BCUT2D eigenvalue weighted by atomic mass is 19.3. The average molecular weight is 151 g/mol. The highest BCUT2D eigenvalue weighted by Crippen LogP contribution is 2.23. The van der Waals surface area contributed by atoms with Gasteiger partial charge in [0, 0.05) is 13.0 Å². The Bertz CT molecular complexity index is 160. The molecule has 58 valence electrons. The number of alkyl halides is 2. The molecule has 3 nitrogen and oxygen atoms in total. The Morgan fingerprint density at radius 1 is 1.70 bits per heavy atom. The maximum absolute atomic E-state index is 12.3. The Kier molecular flexibility index (Phi) is 1.60. The van der Waals surface area contributed by atoms with E-state index in [0.29, 0.717) is 0 Å². The summed E-state index contributed by atoms with van der Waals surface area (Å²) in [5.74, 6) is -4.68. The van der Waals surface area contributed by atoms with E-state index in [2.05, 4.69) is 0 Å². The minimum atomic E-state index is -3.39. The van der Waals surface area contributed by atoms with E-state index in [9.17, 15) is 13.6 Å². The van der Waals surface area contributed by atoms with Crippen LogP contribution >= 0.6 is 0 Å². The monoisotopic (exact) mass is 151 g/mol. The molecule has 0 aliphatic carbocycles. The van der Waals surface area contributed by atoms with Crippen molar-refractivity contribution >= 4 is 5.91 Å². The van der Waals surface area contributed by atoms with E-state index in [1.165, 1.54) is 0 Å². The highest BCUT2D eigenvalue weighted by molar-refractivity contribution is 5.84. The zero-order chi connectivity index (χ0) is 7.78. The molecule has 1 saturated heterocycles. The van der Waals surface area contributed by atoms with Crippen molar-refractivity contribution in [1.82, 2.24) is 5.32 Å². The second-order valence-corrected chi connectivity index (χ2v) is 2.27. The number of hydrogen-bond acceptors (Lipinski definition) is 2. The molecule has 1 rings (SSSR count). The number of rotatable bonds is 0. The molecule has 1 amide bonds. The topological polar surface area (TPSA) is 49.3 Å². The predicted molar refractivity (Wildman–Crippen MR) is 28.6 cm³/mol. The quantitative estimate of drug-likeness (QED) is 0.490. The highest BCUT2D eigenvalue weighted by Gasteiger charge is 2.44. The zero-order valence-electron chi connectivity index (χ0n) is 5.10. The van der Waals surface area contributed by atoms with Crippen LogP contribution in [0.15, 0.2) is 0 Å². The molecule has 10 heavy (non-hydrogen) atoms. The van der Waals surface area contributed by atoms with Gasteiger partial charge in [0.15, 0.2) is 0 Å². The molecule has 1 atom stereocenters. The van der Waals surface area contributed by atoms with E-state index in [1.807, 2.05) is 5.32 Å². The van der Waals surface area contributed by atoms with Crippen molar-refractivity contribution in [3.8, 4) is 0 Å². The molecule has 0 aromatic heterocycles. The molecule has 1 aliphatic heterocycles. The van der Waals surface area contributed by atoms with E-state index >= 15 is 0 Å². The van der Waals surface area contributed by atoms with Gasteiger partial charge in [0.1, 0.15) is 0 Å². The number of piperidine rings is 1. The number of β-amino-alcohol motifs (C(OH)–C–C–N with tert-alkyl or cyclic N) is 1. The van der Waals surface area contributed by atoms with Crippen molar-refractivity contribution in [2.24, 2.45) is 0 Å². The van der Waals surface area contributed by atoms with E-state index in [-0.39, 0.29) is 6.54 Å². The number of aliphatic hydroxyl groups is 1. The predicted octanol–water partition coefficient (Wildman–Crippen LogP) is -0.498. The first-order chi connectivity index (χ1) is 4.52. The molecular formula is C5H7F2NO2. The summed E-state index contributed by atoms with van der Waals surface area (Å²) in [5, 5.41) is 10.6. The van der Waals surface area contributed by atoms with Crippen LogP contribution in [0.3, 0.4) is 0 Å². The minimum absolute atomic E-state index is 0.0750. The van der Waals surface area contributed by atoms with Gasteiger partial charge in [-0.3, -0.25) is 4.79 Å². The summed E-state index contributed by atoms with van der Waals surface area (Å²) >= 11 is 0. The van der Waals surface area contributed by atoms with Gasteiger partial charge in [0.05, 0.1) is 6.10 Å². The first-order valence-corrected chi connectivity index (χ1v) is 2.86. The molecule has 0 radical (unpaired) electrons. The summed E-state index contributed by atoms with van der Waals surface area (Å²) in [7, 11) is 0. The number of nitrogens with one attached hydrogen (secondary N) is 1. The third-order valence-electron chi connectivity index (χ3n) is 1.32. The number of aliphatic hydroxyl groups excluding tert-OH is 1. The molecule has 0 aromatic carbocycles. The second kappa shape index (κ2) is 2.16. The lowest BCUT2D eigenvalue weighted by Gasteiger charge is -2.24. The van der Waals surface area contributed by atoms with Gasteiger partial charge in [-0.25, -0.2) is 0 Å². The Morgan fingerprint density at radius 2 is 2.30 bits per heavy atom. The van der Waals surface area contributed by atoms with Crippen LogP contribution in [0.2, 0.25) is 0 Å². The van der Waals surface area contributed by atoms with Crippen molar-refractivity contribution in [1.29, 1.82) is 0 Å². The summed E-state index contributed by atoms with van der Waals surface area (Å²) in [6, 6.07) is 0. The van der Waals surface area contributed by atoms with Gasteiger partial charge in [-0.1, -0.05) is 0 Å². The van der Waals surface area contributed by atoms with Crippen LogP contribution in [0, 0.1) is 0 Å². The van der Waals surface area contributed by atoms with Crippen LogP contribution in [0.4, 0.5) is 8.78 Å². The number of carbonyl (C=O) groups is 1. The van der Waals surface area contributed by atoms with Crippen LogP contribution in [0.5, 0.6) is 0 Å². The molecule has 0 aromatic rings. The summed E-state index contributed by atoms with van der Waals surface area (Å²) in [6.45, 7) is -0.0750. The molecule has 1 aliphatic rings. The lowest BCUT2D eigenvalue weighted by molar-refractivity contribution is -0.155. The van der Waals surface area contributed by atoms with Gasteiger partial charge < -0.3 is 10.4 Å².